The Labute approximate surface area is 122 Å². The van der Waals surface area contributed by atoms with Crippen molar-refractivity contribution in [1.82, 2.24) is 9.55 Å². The van der Waals surface area contributed by atoms with Crippen LogP contribution in [0.5, 0.6) is 0 Å². The minimum absolute atomic E-state index is 0.183. The third kappa shape index (κ3) is 2.51. The van der Waals surface area contributed by atoms with Crippen LogP contribution in [-0.2, 0) is 4.74 Å². The van der Waals surface area contributed by atoms with E-state index >= 15 is 0 Å². The summed E-state index contributed by atoms with van der Waals surface area (Å²) in [5.41, 5.74) is 1.85. The van der Waals surface area contributed by atoms with Gasteiger partial charge in [0.2, 0.25) is 0 Å². The molecule has 1 aliphatic heterocycles. The molecule has 0 radical (unpaired) electrons. The lowest BCUT2D eigenvalue weighted by Gasteiger charge is -2.14. The first-order valence-corrected chi connectivity index (χ1v) is 6.93. The summed E-state index contributed by atoms with van der Waals surface area (Å²) in [6.07, 6.45) is 8.19. The van der Waals surface area contributed by atoms with E-state index in [0.29, 0.717) is 6.42 Å². The Bertz CT molecular complexity index is 677. The molecule has 3 heterocycles. The number of pyridine rings is 1. The van der Waals surface area contributed by atoms with Crippen molar-refractivity contribution in [3.8, 4) is 0 Å². The van der Waals surface area contributed by atoms with Crippen molar-refractivity contribution in [2.45, 2.75) is 24.9 Å². The molecule has 5 heteroatoms. The molecule has 110 valence electrons. The second kappa shape index (κ2) is 5.81. The fourth-order valence-electron chi connectivity index (χ4n) is 2.68. The molecule has 2 N–H and O–H groups in total. The molecule has 0 bridgehead atoms. The van der Waals surface area contributed by atoms with Crippen LogP contribution in [0.3, 0.4) is 0 Å². The average Bonchev–Trinajstić information content (AvgIpc) is 3.08. The minimum atomic E-state index is -0.652. The normalized spacial score (nSPS) is 25.9. The molecule has 3 atom stereocenters. The number of hydrogen-bond donors (Lipinski definition) is 2. The molecule has 0 aliphatic carbocycles. The molecular weight excluding hydrogens is 268 g/mol. The van der Waals surface area contributed by atoms with Gasteiger partial charge in [-0.2, -0.15) is 0 Å². The molecule has 3 rings (SSSR count). The standard InChI is InChI=1S/C16H18N2O3/c1-2-3-4-11-5-7-17-16-12(11)6-8-18(16)15-9-13(20)14(10-19)21-15/h2-8,13-15,19-20H,1,9-10H2/t13?,14-,15-/m1/s1. The predicted octanol–water partition coefficient (Wildman–Crippen LogP) is 1.88. The molecule has 2 aromatic rings. The molecule has 0 amide bonds. The van der Waals surface area contributed by atoms with Crippen LogP contribution < -0.4 is 0 Å². The molecule has 5 nitrogen and oxygen atoms in total. The van der Waals surface area contributed by atoms with Crippen LogP contribution in [0.15, 0.2) is 43.3 Å². The number of hydrogen-bond acceptors (Lipinski definition) is 4. The number of aromatic nitrogens is 2. The second-order valence-corrected chi connectivity index (χ2v) is 5.07. The summed E-state index contributed by atoms with van der Waals surface area (Å²) in [5, 5.41) is 20.1. The van der Waals surface area contributed by atoms with E-state index in [1.54, 1.807) is 12.3 Å². The van der Waals surface area contributed by atoms with Gasteiger partial charge in [0.15, 0.2) is 0 Å². The van der Waals surface area contributed by atoms with Gasteiger partial charge >= 0.3 is 0 Å². The zero-order valence-electron chi connectivity index (χ0n) is 11.6. The number of aliphatic hydroxyl groups is 2. The minimum Gasteiger partial charge on any atom is -0.394 e. The van der Waals surface area contributed by atoms with Crippen molar-refractivity contribution in [2.75, 3.05) is 6.61 Å². The maximum Gasteiger partial charge on any atom is 0.142 e. The van der Waals surface area contributed by atoms with Gasteiger partial charge in [-0.1, -0.05) is 24.8 Å². The van der Waals surface area contributed by atoms with Gasteiger partial charge < -0.3 is 19.5 Å². The van der Waals surface area contributed by atoms with Gasteiger partial charge in [-0.25, -0.2) is 4.98 Å². The molecule has 2 aromatic heterocycles. The summed E-state index contributed by atoms with van der Waals surface area (Å²) in [6, 6.07) is 3.92. The third-order valence-electron chi connectivity index (χ3n) is 3.76. The smallest absolute Gasteiger partial charge is 0.142 e. The van der Waals surface area contributed by atoms with E-state index in [9.17, 15) is 10.2 Å². The summed E-state index contributed by atoms with van der Waals surface area (Å²) in [7, 11) is 0. The van der Waals surface area contributed by atoms with E-state index in [1.165, 1.54) is 0 Å². The number of aliphatic hydroxyl groups excluding tert-OH is 2. The topological polar surface area (TPSA) is 67.5 Å². The first-order valence-electron chi connectivity index (χ1n) is 6.93. The number of nitrogens with zero attached hydrogens (tertiary/aromatic N) is 2. The van der Waals surface area contributed by atoms with Gasteiger partial charge in [0.1, 0.15) is 18.0 Å². The van der Waals surface area contributed by atoms with Crippen molar-refractivity contribution >= 4 is 17.1 Å². The van der Waals surface area contributed by atoms with Gasteiger partial charge in [-0.05, 0) is 17.7 Å². The predicted molar refractivity (Wildman–Crippen MR) is 80.6 cm³/mol. The van der Waals surface area contributed by atoms with Crippen LogP contribution >= 0.6 is 0 Å². The van der Waals surface area contributed by atoms with Crippen LogP contribution in [-0.4, -0.2) is 38.6 Å². The second-order valence-electron chi connectivity index (χ2n) is 5.07. The number of rotatable bonds is 4. The van der Waals surface area contributed by atoms with Gasteiger partial charge in [-0.3, -0.25) is 0 Å². The van der Waals surface area contributed by atoms with Crippen LogP contribution in [0.2, 0.25) is 0 Å². The monoisotopic (exact) mass is 286 g/mol. The Kier molecular flexibility index (Phi) is 3.88. The van der Waals surface area contributed by atoms with E-state index in [1.807, 2.05) is 35.0 Å². The summed E-state index contributed by atoms with van der Waals surface area (Å²) in [5.74, 6) is 0. The Morgan fingerprint density at radius 3 is 3.05 bits per heavy atom. The lowest BCUT2D eigenvalue weighted by Crippen LogP contribution is -2.24. The van der Waals surface area contributed by atoms with Crippen LogP contribution in [0, 0.1) is 0 Å². The van der Waals surface area contributed by atoms with Gasteiger partial charge in [0.25, 0.3) is 0 Å². The molecule has 0 saturated carbocycles. The van der Waals surface area contributed by atoms with Gasteiger partial charge in [0, 0.05) is 24.2 Å². The Hall–Kier alpha value is -1.95. The zero-order chi connectivity index (χ0) is 14.8. The first kappa shape index (κ1) is 14.0. The number of ether oxygens (including phenoxy) is 1. The van der Waals surface area contributed by atoms with Gasteiger partial charge in [0.05, 0.1) is 12.7 Å². The number of fused-ring (bicyclic) bond motifs is 1. The van der Waals surface area contributed by atoms with Crippen molar-refractivity contribution < 1.29 is 14.9 Å². The van der Waals surface area contributed by atoms with Crippen molar-refractivity contribution in [1.29, 1.82) is 0 Å². The largest absolute Gasteiger partial charge is 0.394 e. The number of allylic oxidation sites excluding steroid dienone is 2. The Morgan fingerprint density at radius 1 is 1.48 bits per heavy atom. The molecule has 21 heavy (non-hydrogen) atoms. The SMILES string of the molecule is C=CC=Cc1ccnc2c1ccn2[C@H]1CC(O)[C@@H](CO)O1. The highest BCUT2D eigenvalue weighted by Crippen LogP contribution is 2.32. The lowest BCUT2D eigenvalue weighted by atomic mass is 10.1. The highest BCUT2D eigenvalue weighted by molar-refractivity contribution is 5.86. The molecule has 0 aromatic carbocycles. The molecular formula is C16H18N2O3. The van der Waals surface area contributed by atoms with Crippen molar-refractivity contribution in [3.63, 3.8) is 0 Å². The quantitative estimate of drug-likeness (QED) is 0.842. The van der Waals surface area contributed by atoms with Crippen molar-refractivity contribution in [2.24, 2.45) is 0 Å². The summed E-state index contributed by atoms with van der Waals surface area (Å²) in [6.45, 7) is 3.49. The van der Waals surface area contributed by atoms with E-state index in [-0.39, 0.29) is 12.8 Å². The van der Waals surface area contributed by atoms with E-state index in [4.69, 9.17) is 4.74 Å². The third-order valence-corrected chi connectivity index (χ3v) is 3.76. The summed E-state index contributed by atoms with van der Waals surface area (Å²) < 4.78 is 7.59. The maximum absolute atomic E-state index is 9.86. The highest BCUT2D eigenvalue weighted by Gasteiger charge is 2.34. The lowest BCUT2D eigenvalue weighted by molar-refractivity contribution is -0.0430. The molecule has 0 spiro atoms. The molecule has 1 saturated heterocycles. The highest BCUT2D eigenvalue weighted by atomic mass is 16.5. The zero-order valence-corrected chi connectivity index (χ0v) is 11.6. The van der Waals surface area contributed by atoms with Gasteiger partial charge in [-0.15, -0.1) is 0 Å². The van der Waals surface area contributed by atoms with Crippen LogP contribution in [0.1, 0.15) is 18.2 Å². The van der Waals surface area contributed by atoms with E-state index < -0.39 is 12.2 Å². The summed E-state index contributed by atoms with van der Waals surface area (Å²) in [4.78, 5) is 4.41. The van der Waals surface area contributed by atoms with E-state index in [2.05, 4.69) is 11.6 Å². The summed E-state index contributed by atoms with van der Waals surface area (Å²) >= 11 is 0. The first-order chi connectivity index (χ1) is 10.2. The average molecular weight is 286 g/mol. The Balaban J connectivity index is 1.98. The molecule has 1 fully saturated rings. The van der Waals surface area contributed by atoms with E-state index in [0.717, 1.165) is 16.6 Å². The fraction of sp³-hybridized carbons (Fsp3) is 0.312. The van der Waals surface area contributed by atoms with Crippen molar-refractivity contribution in [3.05, 3.63) is 48.8 Å². The van der Waals surface area contributed by atoms with Crippen LogP contribution in [0.25, 0.3) is 17.1 Å². The van der Waals surface area contributed by atoms with Crippen LogP contribution in [0.4, 0.5) is 0 Å². The molecule has 1 aliphatic rings. The Morgan fingerprint density at radius 2 is 2.33 bits per heavy atom. The molecule has 1 unspecified atom stereocenters. The fourth-order valence-corrected chi connectivity index (χ4v) is 2.68. The maximum atomic E-state index is 9.86.